The molecule has 0 aliphatic carbocycles. The van der Waals surface area contributed by atoms with E-state index in [9.17, 15) is 4.79 Å². The zero-order chi connectivity index (χ0) is 23.9. The predicted molar refractivity (Wildman–Crippen MR) is 143 cm³/mol. The van der Waals surface area contributed by atoms with Gasteiger partial charge in [0, 0.05) is 11.3 Å². The molecule has 0 saturated heterocycles. The predicted octanol–water partition coefficient (Wildman–Crippen LogP) is 6.50. The molecule has 5 rings (SSSR count). The molecule has 4 aromatic carbocycles. The summed E-state index contributed by atoms with van der Waals surface area (Å²) in [4.78, 5) is 12.4. The third kappa shape index (κ3) is 5.12. The molecule has 5 aromatic rings. The third-order valence-electron chi connectivity index (χ3n) is 5.76. The monoisotopic (exact) mass is 455 g/mol. The van der Waals surface area contributed by atoms with E-state index in [2.05, 4.69) is 57.6 Å². The van der Waals surface area contributed by atoms with E-state index in [4.69, 9.17) is 0 Å². The van der Waals surface area contributed by atoms with Gasteiger partial charge in [0.25, 0.3) is 0 Å². The number of hydrazone groups is 1. The number of hydrogen-bond acceptors (Lipinski definition) is 2. The van der Waals surface area contributed by atoms with Crippen molar-refractivity contribution >= 4 is 12.1 Å². The molecular weight excluding hydrogens is 430 g/mol. The van der Waals surface area contributed by atoms with Crippen LogP contribution < -0.4 is 5.43 Å². The van der Waals surface area contributed by atoms with Crippen LogP contribution in [0.5, 0.6) is 0 Å². The van der Waals surface area contributed by atoms with Gasteiger partial charge in [-0.2, -0.15) is 5.10 Å². The van der Waals surface area contributed by atoms with Crippen LogP contribution in [-0.2, 0) is 11.2 Å². The molecule has 0 aliphatic heterocycles. The maximum absolute atomic E-state index is 12.4. The van der Waals surface area contributed by atoms with E-state index in [0.29, 0.717) is 0 Å². The number of carbonyl (C=O) groups excluding carboxylic acids is 1. The lowest BCUT2D eigenvalue weighted by molar-refractivity contribution is -0.120. The number of hydrogen-bond donors (Lipinski definition) is 1. The summed E-state index contributed by atoms with van der Waals surface area (Å²) in [7, 11) is 0. The Hall–Kier alpha value is -4.70. The molecule has 0 saturated carbocycles. The number of carbonyl (C=O) groups is 1. The summed E-state index contributed by atoms with van der Waals surface area (Å²) in [5.74, 6) is -0.153. The second kappa shape index (κ2) is 10.5. The van der Waals surface area contributed by atoms with E-state index in [0.717, 1.165) is 39.3 Å². The lowest BCUT2D eigenvalue weighted by Crippen LogP contribution is -2.19. The smallest absolute Gasteiger partial charge is 0.244 e. The van der Waals surface area contributed by atoms with Gasteiger partial charge in [-0.3, -0.25) is 4.79 Å². The molecule has 0 aliphatic rings. The summed E-state index contributed by atoms with van der Waals surface area (Å²) in [5.41, 5.74) is 9.83. The van der Waals surface area contributed by atoms with Crippen LogP contribution in [0.3, 0.4) is 0 Å². The first-order valence-corrected chi connectivity index (χ1v) is 11.6. The minimum atomic E-state index is -0.153. The number of para-hydroxylation sites is 1. The first-order chi connectivity index (χ1) is 17.3. The topological polar surface area (TPSA) is 46.4 Å². The van der Waals surface area contributed by atoms with Crippen LogP contribution in [-0.4, -0.2) is 16.7 Å². The van der Waals surface area contributed by atoms with Gasteiger partial charge in [0.05, 0.1) is 24.0 Å². The maximum Gasteiger partial charge on any atom is 0.244 e. The zero-order valence-electron chi connectivity index (χ0n) is 19.2. The number of rotatable bonds is 7. The molecule has 170 valence electrons. The fraction of sp³-hybridized carbons (Fsp3) is 0.0323. The van der Waals surface area contributed by atoms with E-state index >= 15 is 0 Å². The van der Waals surface area contributed by atoms with Crippen LogP contribution in [0.25, 0.3) is 28.2 Å². The summed E-state index contributed by atoms with van der Waals surface area (Å²) in [6, 6.07) is 42.6. The SMILES string of the molecule is O=C(Cc1ccccc1)N/N=C\c1cc(-c2ccccc2)n(-c2ccccc2)c1-c1ccccc1. The fourth-order valence-electron chi connectivity index (χ4n) is 4.18. The van der Waals surface area contributed by atoms with Crippen LogP contribution in [0.15, 0.2) is 132 Å². The highest BCUT2D eigenvalue weighted by Gasteiger charge is 2.18. The largest absolute Gasteiger partial charge is 0.309 e. The second-order valence-electron chi connectivity index (χ2n) is 8.19. The quantitative estimate of drug-likeness (QED) is 0.221. The first kappa shape index (κ1) is 22.1. The average Bonchev–Trinajstić information content (AvgIpc) is 3.30. The second-order valence-corrected chi connectivity index (χ2v) is 8.19. The Morgan fingerprint density at radius 3 is 1.89 bits per heavy atom. The van der Waals surface area contributed by atoms with Crippen molar-refractivity contribution in [3.05, 3.63) is 139 Å². The Balaban J connectivity index is 1.57. The van der Waals surface area contributed by atoms with Crippen molar-refractivity contribution < 1.29 is 4.79 Å². The number of nitrogens with zero attached hydrogens (tertiary/aromatic N) is 2. The van der Waals surface area contributed by atoms with Crippen molar-refractivity contribution in [1.82, 2.24) is 9.99 Å². The maximum atomic E-state index is 12.4. The Morgan fingerprint density at radius 2 is 1.26 bits per heavy atom. The molecule has 35 heavy (non-hydrogen) atoms. The fourth-order valence-corrected chi connectivity index (χ4v) is 4.18. The number of nitrogens with one attached hydrogen (secondary N) is 1. The van der Waals surface area contributed by atoms with Crippen LogP contribution >= 0.6 is 0 Å². The van der Waals surface area contributed by atoms with E-state index in [1.54, 1.807) is 6.21 Å². The first-order valence-electron chi connectivity index (χ1n) is 11.6. The Labute approximate surface area is 205 Å². The molecule has 1 N–H and O–H groups in total. The van der Waals surface area contributed by atoms with Crippen LogP contribution in [0.2, 0.25) is 0 Å². The lowest BCUT2D eigenvalue weighted by atomic mass is 10.1. The van der Waals surface area contributed by atoms with Gasteiger partial charge in [0.2, 0.25) is 5.91 Å². The minimum absolute atomic E-state index is 0.153. The minimum Gasteiger partial charge on any atom is -0.309 e. The molecular formula is C31H25N3O. The van der Waals surface area contributed by atoms with Crippen LogP contribution in [0, 0.1) is 0 Å². The van der Waals surface area contributed by atoms with Gasteiger partial charge < -0.3 is 4.57 Å². The van der Waals surface area contributed by atoms with Gasteiger partial charge in [0.1, 0.15) is 0 Å². The molecule has 4 nitrogen and oxygen atoms in total. The van der Waals surface area contributed by atoms with Crippen molar-refractivity contribution in [2.75, 3.05) is 0 Å². The van der Waals surface area contributed by atoms with Gasteiger partial charge in [-0.25, -0.2) is 5.43 Å². The number of benzene rings is 4. The summed E-state index contributed by atoms with van der Waals surface area (Å²) < 4.78 is 2.25. The lowest BCUT2D eigenvalue weighted by Gasteiger charge is -2.15. The summed E-state index contributed by atoms with van der Waals surface area (Å²) in [6.07, 6.45) is 2.02. The molecule has 0 fully saturated rings. The van der Waals surface area contributed by atoms with E-state index in [-0.39, 0.29) is 12.3 Å². The molecule has 1 heterocycles. The average molecular weight is 456 g/mol. The van der Waals surface area contributed by atoms with Crippen molar-refractivity contribution in [3.63, 3.8) is 0 Å². The van der Waals surface area contributed by atoms with E-state index < -0.39 is 0 Å². The van der Waals surface area contributed by atoms with Gasteiger partial charge in [-0.15, -0.1) is 0 Å². The zero-order valence-corrected chi connectivity index (χ0v) is 19.2. The van der Waals surface area contributed by atoms with Crippen LogP contribution in [0.1, 0.15) is 11.1 Å². The highest BCUT2D eigenvalue weighted by molar-refractivity contribution is 5.94. The molecule has 1 amide bonds. The molecule has 0 unspecified atom stereocenters. The standard InChI is InChI=1S/C31H25N3O/c35-30(21-24-13-5-1-6-14-24)33-32-23-27-22-29(25-15-7-2-8-16-25)34(28-19-11-4-12-20-28)31(27)26-17-9-3-10-18-26/h1-20,22-23H,21H2,(H,33,35)/b32-23-. The summed E-state index contributed by atoms with van der Waals surface area (Å²) >= 11 is 0. The molecule has 0 radical (unpaired) electrons. The van der Waals surface area contributed by atoms with Gasteiger partial charge in [-0.1, -0.05) is 109 Å². The molecule has 0 atom stereocenters. The Morgan fingerprint density at radius 1 is 0.714 bits per heavy atom. The summed E-state index contributed by atoms with van der Waals surface area (Å²) in [5, 5.41) is 4.33. The van der Waals surface area contributed by atoms with E-state index in [1.165, 1.54) is 0 Å². The van der Waals surface area contributed by atoms with Crippen LogP contribution in [0.4, 0.5) is 0 Å². The molecule has 0 bridgehead atoms. The molecule has 1 aromatic heterocycles. The van der Waals surface area contributed by atoms with Crippen molar-refractivity contribution in [3.8, 4) is 28.2 Å². The summed E-state index contributed by atoms with van der Waals surface area (Å²) in [6.45, 7) is 0. The number of aromatic nitrogens is 1. The van der Waals surface area contributed by atoms with E-state index in [1.807, 2.05) is 84.9 Å². The Kier molecular flexibility index (Phi) is 6.63. The number of amides is 1. The highest BCUT2D eigenvalue weighted by Crippen LogP contribution is 2.35. The third-order valence-corrected chi connectivity index (χ3v) is 5.76. The highest BCUT2D eigenvalue weighted by atomic mass is 16.2. The van der Waals surface area contributed by atoms with Crippen molar-refractivity contribution in [2.45, 2.75) is 6.42 Å². The van der Waals surface area contributed by atoms with Crippen molar-refractivity contribution in [1.29, 1.82) is 0 Å². The van der Waals surface area contributed by atoms with Gasteiger partial charge in [0.15, 0.2) is 0 Å². The van der Waals surface area contributed by atoms with Gasteiger partial charge >= 0.3 is 0 Å². The Bertz CT molecular complexity index is 1420. The molecule has 4 heteroatoms. The van der Waals surface area contributed by atoms with Crippen molar-refractivity contribution in [2.24, 2.45) is 5.10 Å². The van der Waals surface area contributed by atoms with Gasteiger partial charge in [-0.05, 0) is 34.9 Å². The molecule has 0 spiro atoms. The normalized spacial score (nSPS) is 11.0.